The van der Waals surface area contributed by atoms with Gasteiger partial charge in [0, 0.05) is 11.6 Å². The lowest BCUT2D eigenvalue weighted by Crippen LogP contribution is -2.33. The Morgan fingerprint density at radius 3 is 2.82 bits per heavy atom. The van der Waals surface area contributed by atoms with Crippen LogP contribution in [-0.4, -0.2) is 5.11 Å². The summed E-state index contributed by atoms with van der Waals surface area (Å²) in [6.45, 7) is 4.26. The second-order valence-corrected chi connectivity index (χ2v) is 2.66. The highest BCUT2D eigenvalue weighted by atomic mass is 16.3. The van der Waals surface area contributed by atoms with E-state index in [4.69, 9.17) is 5.11 Å². The van der Waals surface area contributed by atoms with Crippen molar-refractivity contribution in [3.8, 4) is 0 Å². The first-order valence-electron chi connectivity index (χ1n) is 3.87. The molecule has 1 N–H and O–H groups in total. The summed E-state index contributed by atoms with van der Waals surface area (Å²) in [5, 5.41) is 8.81. The maximum Gasteiger partial charge on any atom is 0.250 e. The zero-order chi connectivity index (χ0) is 8.27. The van der Waals surface area contributed by atoms with Gasteiger partial charge in [0.15, 0.2) is 12.4 Å². The fourth-order valence-electron chi connectivity index (χ4n) is 1.12. The minimum atomic E-state index is 0.0628. The van der Waals surface area contributed by atoms with Crippen LogP contribution in [0.15, 0.2) is 18.5 Å². The van der Waals surface area contributed by atoms with E-state index in [1.54, 1.807) is 4.57 Å². The van der Waals surface area contributed by atoms with Crippen molar-refractivity contribution < 1.29 is 9.67 Å². The molecule has 0 radical (unpaired) electrons. The normalized spacial score (nSPS) is 10.1. The van der Waals surface area contributed by atoms with Crippen LogP contribution in [-0.2, 0) is 13.2 Å². The van der Waals surface area contributed by atoms with Crippen molar-refractivity contribution in [1.82, 2.24) is 0 Å². The molecule has 0 unspecified atom stereocenters. The highest BCUT2D eigenvalue weighted by Crippen LogP contribution is 2.03. The number of pyridine rings is 1. The van der Waals surface area contributed by atoms with Gasteiger partial charge in [0.05, 0.1) is 0 Å². The number of aromatic nitrogens is 1. The average Bonchev–Trinajstić information content (AvgIpc) is 2.05. The van der Waals surface area contributed by atoms with Crippen LogP contribution in [0.3, 0.4) is 0 Å². The maximum absolute atomic E-state index is 8.81. The molecule has 1 aromatic rings. The SMILES string of the molecule is CCc1c[n+](CO)ccc1C. The lowest BCUT2D eigenvalue weighted by Gasteiger charge is -1.99. The molecular weight excluding hydrogens is 138 g/mol. The Morgan fingerprint density at radius 1 is 1.55 bits per heavy atom. The quantitative estimate of drug-likeness (QED) is 0.622. The molecule has 0 saturated heterocycles. The second-order valence-electron chi connectivity index (χ2n) is 2.66. The molecule has 0 amide bonds. The molecule has 1 heterocycles. The molecule has 2 heteroatoms. The first-order chi connectivity index (χ1) is 5.27. The predicted molar refractivity (Wildman–Crippen MR) is 43.0 cm³/mol. The lowest BCUT2D eigenvalue weighted by molar-refractivity contribution is -0.730. The molecule has 0 aliphatic heterocycles. The molecule has 60 valence electrons. The number of nitrogens with zero attached hydrogens (tertiary/aromatic N) is 1. The van der Waals surface area contributed by atoms with E-state index >= 15 is 0 Å². The molecule has 0 atom stereocenters. The molecule has 0 saturated carbocycles. The van der Waals surface area contributed by atoms with Crippen LogP contribution in [0.2, 0.25) is 0 Å². The van der Waals surface area contributed by atoms with E-state index in [0.717, 1.165) is 6.42 Å². The Morgan fingerprint density at radius 2 is 2.27 bits per heavy atom. The van der Waals surface area contributed by atoms with Crippen LogP contribution in [0.4, 0.5) is 0 Å². The van der Waals surface area contributed by atoms with E-state index in [1.807, 2.05) is 18.5 Å². The molecular formula is C9H14NO+. The minimum absolute atomic E-state index is 0.0628. The Balaban J connectivity index is 3.02. The monoisotopic (exact) mass is 152 g/mol. The highest BCUT2D eigenvalue weighted by Gasteiger charge is 2.01. The van der Waals surface area contributed by atoms with Gasteiger partial charge in [-0.25, -0.2) is 0 Å². The first kappa shape index (κ1) is 8.21. The van der Waals surface area contributed by atoms with Crippen molar-refractivity contribution in [2.24, 2.45) is 0 Å². The van der Waals surface area contributed by atoms with Gasteiger partial charge in [0.25, 0.3) is 0 Å². The molecule has 0 spiro atoms. The highest BCUT2D eigenvalue weighted by molar-refractivity contribution is 5.18. The van der Waals surface area contributed by atoms with Gasteiger partial charge in [0.1, 0.15) is 0 Å². The van der Waals surface area contributed by atoms with Gasteiger partial charge in [-0.1, -0.05) is 6.92 Å². The summed E-state index contributed by atoms with van der Waals surface area (Å²) in [7, 11) is 0. The Labute approximate surface area is 67.1 Å². The molecule has 0 aliphatic rings. The number of aliphatic hydroxyl groups is 1. The third-order valence-electron chi connectivity index (χ3n) is 1.89. The van der Waals surface area contributed by atoms with Crippen LogP contribution < -0.4 is 4.57 Å². The number of aryl methyl sites for hydroxylation is 2. The van der Waals surface area contributed by atoms with E-state index in [1.165, 1.54) is 11.1 Å². The summed E-state index contributed by atoms with van der Waals surface area (Å²) in [6.07, 6.45) is 4.89. The average molecular weight is 152 g/mol. The van der Waals surface area contributed by atoms with Gasteiger partial charge in [0.2, 0.25) is 6.73 Å². The van der Waals surface area contributed by atoms with Gasteiger partial charge < -0.3 is 5.11 Å². The Kier molecular flexibility index (Phi) is 2.60. The number of hydrogen-bond donors (Lipinski definition) is 1. The van der Waals surface area contributed by atoms with E-state index in [0.29, 0.717) is 0 Å². The minimum Gasteiger partial charge on any atom is -0.339 e. The third-order valence-corrected chi connectivity index (χ3v) is 1.89. The van der Waals surface area contributed by atoms with Crippen molar-refractivity contribution in [3.05, 3.63) is 29.6 Å². The summed E-state index contributed by atoms with van der Waals surface area (Å²) in [6, 6.07) is 2.02. The van der Waals surface area contributed by atoms with E-state index in [-0.39, 0.29) is 6.73 Å². The zero-order valence-corrected chi connectivity index (χ0v) is 7.04. The van der Waals surface area contributed by atoms with Crippen molar-refractivity contribution in [2.75, 3.05) is 0 Å². The summed E-state index contributed by atoms with van der Waals surface area (Å²) in [5.74, 6) is 0. The van der Waals surface area contributed by atoms with E-state index < -0.39 is 0 Å². The largest absolute Gasteiger partial charge is 0.339 e. The Hall–Kier alpha value is -0.890. The third kappa shape index (κ3) is 1.77. The smallest absolute Gasteiger partial charge is 0.250 e. The van der Waals surface area contributed by atoms with E-state index in [9.17, 15) is 0 Å². The van der Waals surface area contributed by atoms with Crippen LogP contribution in [0.5, 0.6) is 0 Å². The summed E-state index contributed by atoms with van der Waals surface area (Å²) in [5.41, 5.74) is 2.58. The number of hydrogen-bond acceptors (Lipinski definition) is 1. The van der Waals surface area contributed by atoms with Crippen molar-refractivity contribution >= 4 is 0 Å². The molecule has 1 aromatic heterocycles. The second kappa shape index (κ2) is 3.49. The van der Waals surface area contributed by atoms with Crippen LogP contribution in [0.1, 0.15) is 18.1 Å². The molecule has 1 rings (SSSR count). The van der Waals surface area contributed by atoms with Crippen molar-refractivity contribution in [3.63, 3.8) is 0 Å². The van der Waals surface area contributed by atoms with Crippen molar-refractivity contribution in [1.29, 1.82) is 0 Å². The van der Waals surface area contributed by atoms with Crippen LogP contribution in [0, 0.1) is 6.92 Å². The standard InChI is InChI=1S/C9H14NO/c1-3-9-6-10(7-11)5-4-8(9)2/h4-6,11H,3,7H2,1-2H3/q+1. The molecule has 0 aromatic carbocycles. The summed E-state index contributed by atoms with van der Waals surface area (Å²) >= 11 is 0. The number of rotatable bonds is 2. The molecule has 11 heavy (non-hydrogen) atoms. The van der Waals surface area contributed by atoms with Gasteiger partial charge in [-0.3, -0.25) is 0 Å². The van der Waals surface area contributed by atoms with Gasteiger partial charge >= 0.3 is 0 Å². The molecule has 2 nitrogen and oxygen atoms in total. The van der Waals surface area contributed by atoms with Crippen LogP contribution in [0.25, 0.3) is 0 Å². The topological polar surface area (TPSA) is 24.1 Å². The van der Waals surface area contributed by atoms with Gasteiger partial charge in [-0.15, -0.1) is 0 Å². The van der Waals surface area contributed by atoms with E-state index in [2.05, 4.69) is 13.8 Å². The van der Waals surface area contributed by atoms with Gasteiger partial charge in [-0.05, 0) is 18.9 Å². The zero-order valence-electron chi connectivity index (χ0n) is 7.04. The fourth-order valence-corrected chi connectivity index (χ4v) is 1.12. The summed E-state index contributed by atoms with van der Waals surface area (Å²) < 4.78 is 1.77. The lowest BCUT2D eigenvalue weighted by atomic mass is 10.1. The summed E-state index contributed by atoms with van der Waals surface area (Å²) in [4.78, 5) is 0. The predicted octanol–water partition coefficient (Wildman–Crippen LogP) is 0.795. The van der Waals surface area contributed by atoms with Crippen LogP contribution >= 0.6 is 0 Å². The number of aliphatic hydroxyl groups excluding tert-OH is 1. The van der Waals surface area contributed by atoms with Gasteiger partial charge in [-0.2, -0.15) is 4.57 Å². The van der Waals surface area contributed by atoms with Crippen molar-refractivity contribution in [2.45, 2.75) is 27.0 Å². The Bertz CT molecular complexity index is 245. The molecule has 0 fully saturated rings. The molecule has 0 bridgehead atoms. The fraction of sp³-hybridized carbons (Fsp3) is 0.444. The molecule has 0 aliphatic carbocycles. The maximum atomic E-state index is 8.81. The first-order valence-corrected chi connectivity index (χ1v) is 3.87.